The Hall–Kier alpha value is -0.970. The van der Waals surface area contributed by atoms with Crippen LogP contribution < -0.4 is 0 Å². The van der Waals surface area contributed by atoms with Crippen LogP contribution in [-0.2, 0) is 0 Å². The minimum atomic E-state index is -4.58. The number of hydrogen-bond acceptors (Lipinski definition) is 1. The van der Waals surface area contributed by atoms with Gasteiger partial charge in [0.15, 0.2) is 0 Å². The number of thiocarbonyl (C=S) groups is 1. The molecule has 0 N–H and O–H groups in total. The molecule has 0 unspecified atom stereocenters. The molecule has 1 aromatic rings. The predicted molar refractivity (Wildman–Crippen MR) is 44.2 cm³/mol. The summed E-state index contributed by atoms with van der Waals surface area (Å²) < 4.78 is 48.5. The maximum absolute atomic E-state index is 12.5. The number of hydrogen-bond donors (Lipinski definition) is 0. The molecule has 70 valence electrons. The fourth-order valence-corrected chi connectivity index (χ4v) is 0.920. The average molecular weight is 208 g/mol. The van der Waals surface area contributed by atoms with Gasteiger partial charge in [0, 0.05) is 5.56 Å². The van der Waals surface area contributed by atoms with Crippen LogP contribution >= 0.6 is 12.2 Å². The smallest absolute Gasteiger partial charge is 0.207 e. The van der Waals surface area contributed by atoms with E-state index < -0.39 is 16.9 Å². The lowest BCUT2D eigenvalue weighted by atomic mass is 10.1. The van der Waals surface area contributed by atoms with E-state index in [9.17, 15) is 17.6 Å². The fraction of sp³-hybridized carbons (Fsp3) is 0.125. The quantitative estimate of drug-likeness (QED) is 0.388. The van der Waals surface area contributed by atoms with E-state index in [0.717, 1.165) is 18.2 Å². The van der Waals surface area contributed by atoms with Crippen molar-refractivity contribution in [3.05, 3.63) is 35.6 Å². The van der Waals surface area contributed by atoms with Gasteiger partial charge in [0.2, 0.25) is 0 Å². The first-order valence-electron chi connectivity index (χ1n) is 3.28. The van der Waals surface area contributed by atoms with Gasteiger partial charge in [-0.3, -0.25) is 0 Å². The molecule has 0 heterocycles. The molecular weight excluding hydrogens is 204 g/mol. The molecule has 1 aromatic carbocycles. The molecule has 0 aliphatic rings. The van der Waals surface area contributed by atoms with E-state index in [-0.39, 0.29) is 5.56 Å². The van der Waals surface area contributed by atoms with Gasteiger partial charge in [-0.05, 0) is 12.1 Å². The fourth-order valence-electron chi connectivity index (χ4n) is 0.793. The van der Waals surface area contributed by atoms with Crippen LogP contribution in [-0.4, -0.2) is 11.0 Å². The third kappa shape index (κ3) is 2.48. The van der Waals surface area contributed by atoms with Crippen LogP contribution in [0, 0.1) is 5.82 Å². The van der Waals surface area contributed by atoms with E-state index in [1.807, 2.05) is 0 Å². The van der Waals surface area contributed by atoms with Crippen molar-refractivity contribution in [2.75, 3.05) is 0 Å². The molecule has 0 atom stereocenters. The normalized spacial score (nSPS) is 11.4. The lowest BCUT2D eigenvalue weighted by Crippen LogP contribution is -2.21. The van der Waals surface area contributed by atoms with E-state index in [1.54, 1.807) is 0 Å². The highest BCUT2D eigenvalue weighted by Crippen LogP contribution is 2.22. The standard InChI is InChI=1S/C8H4F4S/c9-6-3-1-2-5(4-6)7(13)8(10,11)12/h1-4H. The second kappa shape index (κ2) is 3.41. The summed E-state index contributed by atoms with van der Waals surface area (Å²) in [4.78, 5) is -1.20. The van der Waals surface area contributed by atoms with Crippen molar-refractivity contribution in [2.45, 2.75) is 6.18 Å². The Balaban J connectivity index is 3.03. The number of rotatable bonds is 1. The van der Waals surface area contributed by atoms with E-state index in [0.29, 0.717) is 0 Å². The average Bonchev–Trinajstić information content (AvgIpc) is 2.01. The molecule has 0 aliphatic heterocycles. The van der Waals surface area contributed by atoms with E-state index in [2.05, 4.69) is 12.2 Å². The molecule has 5 heteroatoms. The Morgan fingerprint density at radius 2 is 1.85 bits per heavy atom. The zero-order valence-corrected chi connectivity index (χ0v) is 7.05. The Bertz CT molecular complexity index is 329. The SMILES string of the molecule is Fc1cccc(C(=S)C(F)(F)F)c1. The summed E-state index contributed by atoms with van der Waals surface area (Å²) in [5.74, 6) is -0.732. The van der Waals surface area contributed by atoms with Gasteiger partial charge in [0.05, 0.1) is 0 Å². The number of halogens is 4. The first kappa shape index (κ1) is 10.1. The van der Waals surface area contributed by atoms with Gasteiger partial charge in [-0.2, -0.15) is 13.2 Å². The van der Waals surface area contributed by atoms with Crippen molar-refractivity contribution in [3.63, 3.8) is 0 Å². The van der Waals surface area contributed by atoms with Gasteiger partial charge in [-0.25, -0.2) is 4.39 Å². The maximum Gasteiger partial charge on any atom is 0.426 e. The van der Waals surface area contributed by atoms with E-state index in [1.165, 1.54) is 6.07 Å². The molecule has 0 radical (unpaired) electrons. The molecule has 0 spiro atoms. The Morgan fingerprint density at radius 3 is 2.31 bits per heavy atom. The summed E-state index contributed by atoms with van der Waals surface area (Å²) in [6.07, 6.45) is -4.58. The van der Waals surface area contributed by atoms with Crippen molar-refractivity contribution in [1.29, 1.82) is 0 Å². The van der Waals surface area contributed by atoms with Crippen molar-refractivity contribution in [1.82, 2.24) is 0 Å². The van der Waals surface area contributed by atoms with Crippen LogP contribution in [0.1, 0.15) is 5.56 Å². The van der Waals surface area contributed by atoms with E-state index >= 15 is 0 Å². The van der Waals surface area contributed by atoms with Crippen LogP contribution in [0.4, 0.5) is 17.6 Å². The molecule has 0 amide bonds. The minimum Gasteiger partial charge on any atom is -0.207 e. The first-order chi connectivity index (χ1) is 5.91. The second-order valence-electron chi connectivity index (χ2n) is 2.34. The molecule has 0 bridgehead atoms. The van der Waals surface area contributed by atoms with Crippen molar-refractivity contribution < 1.29 is 17.6 Å². The van der Waals surface area contributed by atoms with Gasteiger partial charge < -0.3 is 0 Å². The van der Waals surface area contributed by atoms with Crippen molar-refractivity contribution >= 4 is 17.1 Å². The summed E-state index contributed by atoms with van der Waals surface area (Å²) in [5.41, 5.74) is -0.317. The lowest BCUT2D eigenvalue weighted by Gasteiger charge is -2.07. The van der Waals surface area contributed by atoms with Crippen molar-refractivity contribution in [2.24, 2.45) is 0 Å². The Morgan fingerprint density at radius 1 is 1.23 bits per heavy atom. The third-order valence-electron chi connectivity index (χ3n) is 1.34. The van der Waals surface area contributed by atoms with Gasteiger partial charge >= 0.3 is 6.18 Å². The van der Waals surface area contributed by atoms with Gasteiger partial charge in [-0.15, -0.1) is 0 Å². The first-order valence-corrected chi connectivity index (χ1v) is 3.69. The molecule has 0 aromatic heterocycles. The highest BCUT2D eigenvalue weighted by Gasteiger charge is 2.34. The Labute approximate surface area is 77.2 Å². The highest BCUT2D eigenvalue weighted by atomic mass is 32.1. The van der Waals surface area contributed by atoms with Crippen molar-refractivity contribution in [3.8, 4) is 0 Å². The van der Waals surface area contributed by atoms with Gasteiger partial charge in [0.1, 0.15) is 10.7 Å². The molecule has 0 saturated heterocycles. The molecule has 0 aliphatic carbocycles. The largest absolute Gasteiger partial charge is 0.426 e. The van der Waals surface area contributed by atoms with Crippen LogP contribution in [0.3, 0.4) is 0 Å². The van der Waals surface area contributed by atoms with Crippen LogP contribution in [0.15, 0.2) is 24.3 Å². The Kier molecular flexibility index (Phi) is 2.66. The summed E-state index contributed by atoms with van der Waals surface area (Å²) in [6.45, 7) is 0. The topological polar surface area (TPSA) is 0 Å². The molecular formula is C8H4F4S. The molecule has 1 rings (SSSR count). The molecule has 0 fully saturated rings. The second-order valence-corrected chi connectivity index (χ2v) is 2.75. The lowest BCUT2D eigenvalue weighted by molar-refractivity contribution is -0.0556. The predicted octanol–water partition coefficient (Wildman–Crippen LogP) is 3.11. The summed E-state index contributed by atoms with van der Waals surface area (Å²) in [5, 5.41) is 0. The van der Waals surface area contributed by atoms with Crippen LogP contribution in [0.5, 0.6) is 0 Å². The minimum absolute atomic E-state index is 0.317. The summed E-state index contributed by atoms with van der Waals surface area (Å²) >= 11 is 4.13. The molecule has 0 saturated carbocycles. The zero-order valence-electron chi connectivity index (χ0n) is 6.23. The maximum atomic E-state index is 12.5. The van der Waals surface area contributed by atoms with Gasteiger partial charge in [0.25, 0.3) is 0 Å². The van der Waals surface area contributed by atoms with Gasteiger partial charge in [-0.1, -0.05) is 24.4 Å². The third-order valence-corrected chi connectivity index (χ3v) is 1.81. The molecule has 13 heavy (non-hydrogen) atoms. The van der Waals surface area contributed by atoms with E-state index in [4.69, 9.17) is 0 Å². The zero-order chi connectivity index (χ0) is 10.1. The number of benzene rings is 1. The monoisotopic (exact) mass is 208 g/mol. The number of alkyl halides is 3. The molecule has 0 nitrogen and oxygen atoms in total. The summed E-state index contributed by atoms with van der Waals surface area (Å²) in [6, 6.07) is 4.12. The summed E-state index contributed by atoms with van der Waals surface area (Å²) in [7, 11) is 0. The highest BCUT2D eigenvalue weighted by molar-refractivity contribution is 7.81. The van der Waals surface area contributed by atoms with Crippen LogP contribution in [0.2, 0.25) is 0 Å². The van der Waals surface area contributed by atoms with Crippen LogP contribution in [0.25, 0.3) is 0 Å².